The van der Waals surface area contributed by atoms with Crippen molar-refractivity contribution < 1.29 is 13.9 Å². The summed E-state index contributed by atoms with van der Waals surface area (Å²) in [6.45, 7) is 0.542. The van der Waals surface area contributed by atoms with E-state index >= 15 is 0 Å². The Hall–Kier alpha value is -2.87. The van der Waals surface area contributed by atoms with E-state index in [0.717, 1.165) is 33.7 Å². The minimum atomic E-state index is -0.619. The highest BCUT2D eigenvalue weighted by atomic mass is 32.1. The molecule has 3 aromatic rings. The smallest absolute Gasteiger partial charge is 0.437 e. The van der Waals surface area contributed by atoms with Crippen LogP contribution in [0.4, 0.5) is 0 Å². The van der Waals surface area contributed by atoms with Gasteiger partial charge in [-0.15, -0.1) is 16.4 Å². The summed E-state index contributed by atoms with van der Waals surface area (Å²) in [5.41, 5.74) is 1.06. The van der Waals surface area contributed by atoms with Gasteiger partial charge >= 0.3 is 5.76 Å². The van der Waals surface area contributed by atoms with Gasteiger partial charge in [-0.25, -0.2) is 4.79 Å². The number of thiophene rings is 1. The van der Waals surface area contributed by atoms with Gasteiger partial charge in [0, 0.05) is 6.54 Å². The summed E-state index contributed by atoms with van der Waals surface area (Å²) in [5, 5.41) is 6.05. The summed E-state index contributed by atoms with van der Waals surface area (Å²) < 4.78 is 11.5. The molecule has 3 heterocycles. The second kappa shape index (κ2) is 7.40. The molecule has 27 heavy (non-hydrogen) atoms. The Kier molecular flexibility index (Phi) is 4.81. The van der Waals surface area contributed by atoms with Crippen LogP contribution in [0.15, 0.2) is 51.0 Å². The van der Waals surface area contributed by atoms with E-state index in [4.69, 9.17) is 9.15 Å². The molecule has 1 aromatic carbocycles. The zero-order chi connectivity index (χ0) is 18.8. The van der Waals surface area contributed by atoms with Gasteiger partial charge in [-0.05, 0) is 42.0 Å². The zero-order valence-corrected chi connectivity index (χ0v) is 15.6. The first-order chi connectivity index (χ1) is 13.2. The quantitative estimate of drug-likeness (QED) is 0.675. The number of nitrogens with zero attached hydrogens (tertiary/aromatic N) is 3. The van der Waals surface area contributed by atoms with Crippen molar-refractivity contribution in [2.24, 2.45) is 0 Å². The maximum atomic E-state index is 12.8. The first kappa shape index (κ1) is 17.5. The molecule has 0 saturated carbocycles. The fourth-order valence-electron chi connectivity index (χ4n) is 3.36. The van der Waals surface area contributed by atoms with Gasteiger partial charge in [0.15, 0.2) is 0 Å². The molecule has 0 aliphatic carbocycles. The maximum absolute atomic E-state index is 12.8. The van der Waals surface area contributed by atoms with Crippen LogP contribution in [0.3, 0.4) is 0 Å². The molecule has 0 radical (unpaired) electrons. The van der Waals surface area contributed by atoms with Crippen molar-refractivity contribution in [1.82, 2.24) is 14.7 Å². The van der Waals surface area contributed by atoms with E-state index < -0.39 is 5.76 Å². The summed E-state index contributed by atoms with van der Waals surface area (Å²) in [5.74, 6) is 0.272. The Bertz CT molecular complexity index is 975. The normalized spacial score (nSPS) is 16.6. The molecule has 7 nitrogen and oxygen atoms in total. The Morgan fingerprint density at radius 1 is 1.33 bits per heavy atom. The number of carbonyl (C=O) groups excluding carboxylic acids is 1. The van der Waals surface area contributed by atoms with Crippen LogP contribution in [-0.2, 0) is 11.3 Å². The SMILES string of the molecule is COc1ccc([C@H]2CCCN2C(=O)Cn2nc(-c3cccs3)oc2=O)cc1. The molecule has 1 aliphatic heterocycles. The first-order valence-electron chi connectivity index (χ1n) is 8.71. The third-order valence-electron chi connectivity index (χ3n) is 4.70. The predicted molar refractivity (Wildman–Crippen MR) is 101 cm³/mol. The van der Waals surface area contributed by atoms with Gasteiger partial charge in [0.05, 0.1) is 18.0 Å². The van der Waals surface area contributed by atoms with E-state index in [2.05, 4.69) is 5.10 Å². The number of likely N-dealkylation sites (tertiary alicyclic amines) is 1. The van der Waals surface area contributed by atoms with Crippen molar-refractivity contribution in [2.75, 3.05) is 13.7 Å². The molecule has 1 amide bonds. The fraction of sp³-hybridized carbons (Fsp3) is 0.316. The van der Waals surface area contributed by atoms with Crippen LogP contribution in [0.5, 0.6) is 5.75 Å². The van der Waals surface area contributed by atoms with Gasteiger partial charge in [0.1, 0.15) is 12.3 Å². The van der Waals surface area contributed by atoms with Crippen LogP contribution < -0.4 is 10.5 Å². The summed E-state index contributed by atoms with van der Waals surface area (Å²) in [6, 6.07) is 11.4. The lowest BCUT2D eigenvalue weighted by Gasteiger charge is -2.25. The molecule has 1 fully saturated rings. The lowest BCUT2D eigenvalue weighted by Crippen LogP contribution is -2.35. The monoisotopic (exact) mass is 385 g/mol. The Morgan fingerprint density at radius 2 is 2.15 bits per heavy atom. The highest BCUT2D eigenvalue weighted by Crippen LogP contribution is 2.33. The van der Waals surface area contributed by atoms with Crippen LogP contribution in [-0.4, -0.2) is 34.2 Å². The molecule has 0 unspecified atom stereocenters. The van der Waals surface area contributed by atoms with E-state index in [1.165, 1.54) is 11.3 Å². The molecule has 1 atom stereocenters. The summed E-state index contributed by atoms with van der Waals surface area (Å²) in [4.78, 5) is 27.5. The molecule has 1 saturated heterocycles. The topological polar surface area (TPSA) is 77.6 Å². The van der Waals surface area contributed by atoms with E-state index in [-0.39, 0.29) is 24.4 Å². The molecule has 0 N–H and O–H groups in total. The van der Waals surface area contributed by atoms with Gasteiger partial charge in [0.25, 0.3) is 5.89 Å². The summed E-state index contributed by atoms with van der Waals surface area (Å²) in [6.07, 6.45) is 1.82. The fourth-order valence-corrected chi connectivity index (χ4v) is 4.01. The number of rotatable bonds is 5. The van der Waals surface area contributed by atoms with E-state index in [1.807, 2.05) is 46.7 Å². The van der Waals surface area contributed by atoms with E-state index in [0.29, 0.717) is 6.54 Å². The number of carbonyl (C=O) groups is 1. The Balaban J connectivity index is 1.51. The average molecular weight is 385 g/mol. The largest absolute Gasteiger partial charge is 0.497 e. The number of hydrogen-bond acceptors (Lipinski definition) is 6. The van der Waals surface area contributed by atoms with Crippen molar-refractivity contribution >= 4 is 17.2 Å². The molecule has 140 valence electrons. The molecule has 2 aromatic heterocycles. The van der Waals surface area contributed by atoms with Crippen LogP contribution in [0, 0.1) is 0 Å². The Morgan fingerprint density at radius 3 is 2.85 bits per heavy atom. The number of amides is 1. The third kappa shape index (κ3) is 3.52. The second-order valence-corrected chi connectivity index (χ2v) is 7.27. The van der Waals surface area contributed by atoms with Crippen molar-refractivity contribution in [3.05, 3.63) is 57.9 Å². The molecule has 0 spiro atoms. The van der Waals surface area contributed by atoms with Crippen molar-refractivity contribution in [1.29, 1.82) is 0 Å². The molecule has 8 heteroatoms. The second-order valence-electron chi connectivity index (χ2n) is 6.33. The average Bonchev–Trinajstić information content (AvgIpc) is 3.43. The predicted octanol–water partition coefficient (Wildman–Crippen LogP) is 2.94. The lowest BCUT2D eigenvalue weighted by atomic mass is 10.0. The first-order valence-corrected chi connectivity index (χ1v) is 9.59. The van der Waals surface area contributed by atoms with Gasteiger partial charge in [-0.3, -0.25) is 4.79 Å². The van der Waals surface area contributed by atoms with Crippen LogP contribution in [0.2, 0.25) is 0 Å². The minimum Gasteiger partial charge on any atom is -0.497 e. The molecular formula is C19H19N3O4S. The summed E-state index contributed by atoms with van der Waals surface area (Å²) >= 11 is 1.43. The van der Waals surface area contributed by atoms with Gasteiger partial charge in [-0.2, -0.15) is 4.68 Å². The number of ether oxygens (including phenoxy) is 1. The van der Waals surface area contributed by atoms with Gasteiger partial charge in [-0.1, -0.05) is 18.2 Å². The van der Waals surface area contributed by atoms with E-state index in [1.54, 1.807) is 7.11 Å². The minimum absolute atomic E-state index is 0.00257. The highest BCUT2D eigenvalue weighted by Gasteiger charge is 2.30. The molecule has 0 bridgehead atoms. The Labute approximate surface area is 159 Å². The highest BCUT2D eigenvalue weighted by molar-refractivity contribution is 7.13. The maximum Gasteiger partial charge on any atom is 0.437 e. The number of hydrogen-bond donors (Lipinski definition) is 0. The zero-order valence-electron chi connectivity index (χ0n) is 14.8. The van der Waals surface area contributed by atoms with Crippen LogP contribution in [0.25, 0.3) is 10.8 Å². The third-order valence-corrected chi connectivity index (χ3v) is 5.55. The number of methoxy groups -OCH3 is 1. The number of benzene rings is 1. The standard InChI is InChI=1S/C19H19N3O4S/c1-25-14-8-6-13(7-9-14)15-4-2-10-21(15)17(23)12-22-19(24)26-18(20-22)16-5-3-11-27-16/h3,5-9,11,15H,2,4,10,12H2,1H3/t15-/m1/s1. The number of aromatic nitrogens is 2. The van der Waals surface area contributed by atoms with Crippen molar-refractivity contribution in [2.45, 2.75) is 25.4 Å². The van der Waals surface area contributed by atoms with E-state index in [9.17, 15) is 9.59 Å². The van der Waals surface area contributed by atoms with Crippen molar-refractivity contribution in [3.63, 3.8) is 0 Å². The van der Waals surface area contributed by atoms with Crippen molar-refractivity contribution in [3.8, 4) is 16.5 Å². The summed E-state index contributed by atoms with van der Waals surface area (Å²) in [7, 11) is 1.63. The van der Waals surface area contributed by atoms with Crippen LogP contribution in [0.1, 0.15) is 24.4 Å². The van der Waals surface area contributed by atoms with Gasteiger partial charge < -0.3 is 14.1 Å². The molecular weight excluding hydrogens is 366 g/mol. The lowest BCUT2D eigenvalue weighted by molar-refractivity contribution is -0.133. The van der Waals surface area contributed by atoms with Crippen LogP contribution >= 0.6 is 11.3 Å². The molecule has 1 aliphatic rings. The molecule has 4 rings (SSSR count). The van der Waals surface area contributed by atoms with Gasteiger partial charge in [0.2, 0.25) is 5.91 Å².